The van der Waals surface area contributed by atoms with Crippen molar-refractivity contribution >= 4 is 28.7 Å². The second-order valence-electron chi connectivity index (χ2n) is 3.69. The fourth-order valence-corrected chi connectivity index (χ4v) is 2.04. The predicted molar refractivity (Wildman–Crippen MR) is 67.5 cm³/mol. The van der Waals surface area contributed by atoms with Crippen LogP contribution >= 0.6 is 11.6 Å². The highest BCUT2D eigenvalue weighted by Crippen LogP contribution is 2.32. The molecule has 0 unspecified atom stereocenters. The Kier molecular flexibility index (Phi) is 3.29. The van der Waals surface area contributed by atoms with Gasteiger partial charge in [-0.15, -0.1) is 0 Å². The molecule has 5 heteroatoms. The molecule has 1 aromatic rings. The maximum absolute atomic E-state index is 12.2. The average Bonchev–Trinajstić information content (AvgIpc) is 2.44. The van der Waals surface area contributed by atoms with Crippen LogP contribution in [0.3, 0.4) is 0 Å². The van der Waals surface area contributed by atoms with Gasteiger partial charge in [-0.3, -0.25) is 9.59 Å². The first kappa shape index (κ1) is 12.8. The highest BCUT2D eigenvalue weighted by Gasteiger charge is 2.34. The van der Waals surface area contributed by atoms with Gasteiger partial charge in [-0.05, 0) is 5.56 Å². The van der Waals surface area contributed by atoms with E-state index >= 15 is 0 Å². The van der Waals surface area contributed by atoms with Gasteiger partial charge in [-0.2, -0.15) is 10.5 Å². The van der Waals surface area contributed by atoms with Crippen molar-refractivity contribution in [2.24, 2.45) is 0 Å². The number of carbonyl (C=O) groups excluding carboxylic acids is 2. The molecule has 1 aromatic carbocycles. The van der Waals surface area contributed by atoms with E-state index in [2.05, 4.69) is 0 Å². The molecule has 0 bridgehead atoms. The summed E-state index contributed by atoms with van der Waals surface area (Å²) in [4.78, 5) is 24.0. The molecule has 0 radical (unpaired) electrons. The Morgan fingerprint density at radius 1 is 0.895 bits per heavy atom. The third-order valence-corrected chi connectivity index (χ3v) is 3.00. The first-order valence-electron chi connectivity index (χ1n) is 5.21. The SMILES string of the molecule is N#CC1=C(C#N)C(=O)C(c2ccccc2)=C(Cl)C1=O. The van der Waals surface area contributed by atoms with E-state index in [1.165, 1.54) is 0 Å². The Bertz CT molecular complexity index is 731. The van der Waals surface area contributed by atoms with Crippen molar-refractivity contribution in [3.63, 3.8) is 0 Å². The first-order valence-corrected chi connectivity index (χ1v) is 5.58. The lowest BCUT2D eigenvalue weighted by Crippen LogP contribution is -2.20. The minimum atomic E-state index is -0.792. The molecule has 2 rings (SSSR count). The third kappa shape index (κ3) is 1.95. The number of nitrogens with zero attached hydrogens (tertiary/aromatic N) is 2. The van der Waals surface area contributed by atoms with Crippen LogP contribution in [-0.4, -0.2) is 11.6 Å². The molecule has 4 nitrogen and oxygen atoms in total. The summed E-state index contributed by atoms with van der Waals surface area (Å²) in [5, 5.41) is 17.4. The molecule has 1 aliphatic carbocycles. The summed E-state index contributed by atoms with van der Waals surface area (Å²) in [7, 11) is 0. The summed E-state index contributed by atoms with van der Waals surface area (Å²) < 4.78 is 0. The van der Waals surface area contributed by atoms with Gasteiger partial charge in [0.15, 0.2) is 0 Å². The topological polar surface area (TPSA) is 81.7 Å². The van der Waals surface area contributed by atoms with Gasteiger partial charge in [0.05, 0.1) is 5.57 Å². The van der Waals surface area contributed by atoms with E-state index in [1.807, 2.05) is 0 Å². The van der Waals surface area contributed by atoms with E-state index in [0.29, 0.717) is 5.56 Å². The molecular weight excluding hydrogens is 264 g/mol. The van der Waals surface area contributed by atoms with Gasteiger partial charge in [0.25, 0.3) is 0 Å². The zero-order valence-corrected chi connectivity index (χ0v) is 10.2. The highest BCUT2D eigenvalue weighted by atomic mass is 35.5. The van der Waals surface area contributed by atoms with E-state index < -0.39 is 22.7 Å². The van der Waals surface area contributed by atoms with Crippen molar-refractivity contribution in [3.8, 4) is 12.1 Å². The molecule has 0 spiro atoms. The predicted octanol–water partition coefficient (Wildman–Crippen LogP) is 2.13. The molecule has 1 aliphatic rings. The number of halogens is 1. The molecule has 0 aromatic heterocycles. The van der Waals surface area contributed by atoms with E-state index in [4.69, 9.17) is 22.1 Å². The van der Waals surface area contributed by atoms with Crippen molar-refractivity contribution in [3.05, 3.63) is 52.1 Å². The molecule has 90 valence electrons. The highest BCUT2D eigenvalue weighted by molar-refractivity contribution is 6.57. The number of carbonyl (C=O) groups is 2. The van der Waals surface area contributed by atoms with Crippen LogP contribution in [0.1, 0.15) is 5.56 Å². The van der Waals surface area contributed by atoms with Gasteiger partial charge in [0.2, 0.25) is 11.6 Å². The standard InChI is InChI=1S/C14H5ClN2O2/c15-12-11(8-4-2-1-3-5-8)13(18)9(6-16)10(7-17)14(12)19/h1-5H. The van der Waals surface area contributed by atoms with Gasteiger partial charge in [-0.25, -0.2) is 0 Å². The molecule has 0 aliphatic heterocycles. The van der Waals surface area contributed by atoms with Crippen LogP contribution < -0.4 is 0 Å². The Labute approximate surface area is 113 Å². The number of ketones is 2. The summed E-state index contributed by atoms with van der Waals surface area (Å²) in [6.07, 6.45) is 0. The Hall–Kier alpha value is -2.69. The number of hydrogen-bond acceptors (Lipinski definition) is 4. The summed E-state index contributed by atoms with van der Waals surface area (Å²) in [5.41, 5.74) is -0.564. The number of hydrogen-bond donors (Lipinski definition) is 0. The molecule has 0 amide bonds. The van der Waals surface area contributed by atoms with Crippen LogP contribution in [0.2, 0.25) is 0 Å². The molecule has 0 heterocycles. The minimum Gasteiger partial charge on any atom is -0.288 e. The summed E-state index contributed by atoms with van der Waals surface area (Å²) in [6, 6.07) is 11.5. The molecule has 0 atom stereocenters. The average molecular weight is 269 g/mol. The van der Waals surface area contributed by atoms with Gasteiger partial charge >= 0.3 is 0 Å². The maximum atomic E-state index is 12.2. The van der Waals surface area contributed by atoms with E-state index in [9.17, 15) is 9.59 Å². The first-order chi connectivity index (χ1) is 9.11. The maximum Gasteiger partial charge on any atom is 0.217 e. The van der Waals surface area contributed by atoms with Gasteiger partial charge in [0.1, 0.15) is 28.3 Å². The largest absolute Gasteiger partial charge is 0.288 e. The number of benzene rings is 1. The van der Waals surface area contributed by atoms with Crippen molar-refractivity contribution in [2.45, 2.75) is 0 Å². The van der Waals surface area contributed by atoms with Crippen LogP contribution in [0.5, 0.6) is 0 Å². The smallest absolute Gasteiger partial charge is 0.217 e. The molecule has 0 saturated carbocycles. The van der Waals surface area contributed by atoms with Crippen molar-refractivity contribution < 1.29 is 9.59 Å². The second-order valence-corrected chi connectivity index (χ2v) is 4.06. The zero-order valence-electron chi connectivity index (χ0n) is 9.48. The number of Topliss-reactive ketones (excluding diaryl/α,β-unsaturated/α-hetero) is 2. The third-order valence-electron chi connectivity index (χ3n) is 2.64. The van der Waals surface area contributed by atoms with E-state index in [1.54, 1.807) is 42.5 Å². The van der Waals surface area contributed by atoms with Crippen LogP contribution in [0, 0.1) is 22.7 Å². The van der Waals surface area contributed by atoms with Crippen molar-refractivity contribution in [1.29, 1.82) is 10.5 Å². The summed E-state index contributed by atoms with van der Waals surface area (Å²) in [6.45, 7) is 0. The zero-order chi connectivity index (χ0) is 14.0. The lowest BCUT2D eigenvalue weighted by molar-refractivity contribution is -0.114. The molecule has 19 heavy (non-hydrogen) atoms. The van der Waals surface area contributed by atoms with Gasteiger partial charge in [-0.1, -0.05) is 41.9 Å². The fraction of sp³-hybridized carbons (Fsp3) is 0. The van der Waals surface area contributed by atoms with Gasteiger partial charge in [0, 0.05) is 0 Å². The molecule has 0 N–H and O–H groups in total. The Balaban J connectivity index is 2.70. The fourth-order valence-electron chi connectivity index (χ4n) is 1.75. The van der Waals surface area contributed by atoms with E-state index in [0.717, 1.165) is 0 Å². The number of nitriles is 2. The van der Waals surface area contributed by atoms with Gasteiger partial charge < -0.3 is 0 Å². The summed E-state index contributed by atoms with van der Waals surface area (Å²) >= 11 is 5.87. The molecule has 0 saturated heterocycles. The Morgan fingerprint density at radius 3 is 1.95 bits per heavy atom. The van der Waals surface area contributed by atoms with Crippen molar-refractivity contribution in [2.75, 3.05) is 0 Å². The molecular formula is C14H5ClN2O2. The van der Waals surface area contributed by atoms with E-state index in [-0.39, 0.29) is 10.6 Å². The molecule has 0 fully saturated rings. The normalized spacial score (nSPS) is 15.3. The minimum absolute atomic E-state index is 0.0391. The number of rotatable bonds is 1. The quantitative estimate of drug-likeness (QED) is 0.731. The van der Waals surface area contributed by atoms with Crippen LogP contribution in [-0.2, 0) is 9.59 Å². The lowest BCUT2D eigenvalue weighted by Gasteiger charge is -2.14. The van der Waals surface area contributed by atoms with Crippen LogP contribution in [0.15, 0.2) is 46.5 Å². The van der Waals surface area contributed by atoms with Crippen LogP contribution in [0.25, 0.3) is 5.57 Å². The Morgan fingerprint density at radius 2 is 1.42 bits per heavy atom. The van der Waals surface area contributed by atoms with Crippen LogP contribution in [0.4, 0.5) is 0 Å². The summed E-state index contributed by atoms with van der Waals surface area (Å²) in [5.74, 6) is -1.49. The lowest BCUT2D eigenvalue weighted by atomic mass is 9.87. The second kappa shape index (κ2) is 4.89. The monoisotopic (exact) mass is 268 g/mol. The number of allylic oxidation sites excluding steroid dienone is 4. The van der Waals surface area contributed by atoms with Crippen molar-refractivity contribution in [1.82, 2.24) is 0 Å².